The van der Waals surface area contributed by atoms with E-state index >= 15 is 0 Å². The zero-order valence-corrected chi connectivity index (χ0v) is 26.3. The van der Waals surface area contributed by atoms with Gasteiger partial charge in [-0.15, -0.1) is 17.5 Å². The van der Waals surface area contributed by atoms with Crippen molar-refractivity contribution in [2.75, 3.05) is 26.3 Å². The van der Waals surface area contributed by atoms with Gasteiger partial charge in [0.15, 0.2) is 16.6 Å². The topological polar surface area (TPSA) is 121 Å². The van der Waals surface area contributed by atoms with E-state index in [9.17, 15) is 23.6 Å². The molecule has 0 bridgehead atoms. The summed E-state index contributed by atoms with van der Waals surface area (Å²) in [4.78, 5) is 53.5. The molecule has 10 nitrogen and oxygen atoms in total. The van der Waals surface area contributed by atoms with Gasteiger partial charge in [-0.25, -0.2) is 9.18 Å². The average Bonchev–Trinajstić information content (AvgIpc) is 3.72. The number of rotatable bonds is 13. The molecule has 1 aromatic carbocycles. The van der Waals surface area contributed by atoms with Gasteiger partial charge in [0.05, 0.1) is 25.8 Å². The molecule has 13 heteroatoms. The number of esters is 2. The van der Waals surface area contributed by atoms with Gasteiger partial charge in [-0.3, -0.25) is 19.3 Å². The third-order valence-corrected chi connectivity index (χ3v) is 8.27. The van der Waals surface area contributed by atoms with Crippen LogP contribution in [0.5, 0.6) is 0 Å². The van der Waals surface area contributed by atoms with Crippen LogP contribution in [0.25, 0.3) is 6.08 Å². The minimum Gasteiger partial charge on any atom is -0.466 e. The van der Waals surface area contributed by atoms with Crippen LogP contribution < -0.4 is 0 Å². The van der Waals surface area contributed by atoms with Crippen molar-refractivity contribution < 1.29 is 33.0 Å². The highest BCUT2D eigenvalue weighted by molar-refractivity contribution is 8.14. The molecule has 4 rings (SSSR count). The van der Waals surface area contributed by atoms with Gasteiger partial charge in [0.1, 0.15) is 11.5 Å². The van der Waals surface area contributed by atoms with Crippen LogP contribution >= 0.6 is 24.2 Å². The third kappa shape index (κ3) is 9.20. The molecule has 0 spiro atoms. The van der Waals surface area contributed by atoms with Crippen molar-refractivity contribution in [3.63, 3.8) is 0 Å². The van der Waals surface area contributed by atoms with Gasteiger partial charge in [0, 0.05) is 43.2 Å². The molecule has 1 aliphatic heterocycles. The third-order valence-electron chi connectivity index (χ3n) is 7.12. The lowest BCUT2D eigenvalue weighted by Crippen LogP contribution is -2.43. The number of Topliss-reactive ketones (excluding diaryl/α,β-unsaturated/α-hetero) is 1. The van der Waals surface area contributed by atoms with E-state index in [1.165, 1.54) is 29.5 Å². The first-order valence-corrected chi connectivity index (χ1v) is 15.3. The average molecular weight is 637 g/mol. The summed E-state index contributed by atoms with van der Waals surface area (Å²) < 4.78 is 25.2. The molecule has 2 fully saturated rings. The predicted octanol–water partition coefficient (Wildman–Crippen LogP) is 4.82. The lowest BCUT2D eigenvalue weighted by molar-refractivity contribution is -0.143. The van der Waals surface area contributed by atoms with Gasteiger partial charge in [0.2, 0.25) is 0 Å². The number of hydrogen-bond donors (Lipinski definition) is 0. The monoisotopic (exact) mass is 636 g/mol. The number of ether oxygens (including phenoxy) is 2. The van der Waals surface area contributed by atoms with E-state index in [0.717, 1.165) is 18.4 Å². The fraction of sp³-hybridized carbons (Fsp3) is 0.533. The summed E-state index contributed by atoms with van der Waals surface area (Å²) in [6, 6.07) is 5.59. The van der Waals surface area contributed by atoms with Crippen LogP contribution in [0.15, 0.2) is 29.8 Å². The van der Waals surface area contributed by atoms with Gasteiger partial charge in [-0.2, -0.15) is 9.90 Å². The minimum atomic E-state index is -0.756. The van der Waals surface area contributed by atoms with Crippen molar-refractivity contribution in [1.29, 1.82) is 0 Å². The maximum absolute atomic E-state index is 15.0. The highest BCUT2D eigenvalue weighted by Gasteiger charge is 2.41. The van der Waals surface area contributed by atoms with Gasteiger partial charge < -0.3 is 9.47 Å². The number of ketones is 1. The molecule has 0 radical (unpaired) electrons. The molecule has 234 valence electrons. The molecule has 1 aromatic heterocycles. The number of carbonyl (C=O) groups excluding carboxylic acids is 4. The molecular weight excluding hydrogens is 599 g/mol. The number of halogens is 2. The fourth-order valence-corrected chi connectivity index (χ4v) is 5.99. The van der Waals surface area contributed by atoms with E-state index in [2.05, 4.69) is 10.2 Å². The van der Waals surface area contributed by atoms with Crippen molar-refractivity contribution in [1.82, 2.24) is 19.9 Å². The standard InChI is InChI=1S/C30H37FN4O6S.ClH/c1-4-40-26(37)11-8-15-35-32-24(27(33-35)30(39)41-5-2)17-21-18-34(16-14-25(21)42-19(3)36)28(29(38)20-12-13-20)22-9-6-7-10-23(22)31;/h6-7,9-10,17,20,25,28H,4-5,8,11-16,18H2,1-3H3;1H/b21-17-;. The summed E-state index contributed by atoms with van der Waals surface area (Å²) in [5.41, 5.74) is 1.40. The van der Waals surface area contributed by atoms with Crippen molar-refractivity contribution in [3.05, 3.63) is 52.6 Å². The number of thioether (sulfide) groups is 1. The molecule has 2 atom stereocenters. The summed E-state index contributed by atoms with van der Waals surface area (Å²) in [5.74, 6) is -1.49. The van der Waals surface area contributed by atoms with Crippen molar-refractivity contribution in [3.8, 4) is 0 Å². The smallest absolute Gasteiger partial charge is 0.361 e. The summed E-state index contributed by atoms with van der Waals surface area (Å²) in [7, 11) is 0. The van der Waals surface area contributed by atoms with E-state index in [1.54, 1.807) is 38.1 Å². The summed E-state index contributed by atoms with van der Waals surface area (Å²) >= 11 is 1.18. The van der Waals surface area contributed by atoms with E-state index in [0.29, 0.717) is 31.6 Å². The molecule has 1 saturated heterocycles. The Balaban J connectivity index is 0.00000506. The number of aromatic nitrogens is 3. The molecule has 2 aromatic rings. The van der Waals surface area contributed by atoms with Gasteiger partial charge in [0.25, 0.3) is 0 Å². The fourth-order valence-electron chi connectivity index (χ4n) is 5.07. The zero-order valence-electron chi connectivity index (χ0n) is 24.6. The zero-order chi connectivity index (χ0) is 30.2. The SMILES string of the molecule is CCOC(=O)CCCn1nc(/C=C2/CN(C(C(=O)C3CC3)c3ccccc3F)CCC2SC(C)=O)c(C(=O)OCC)n1.Cl. The van der Waals surface area contributed by atoms with Crippen LogP contribution in [0.1, 0.15) is 80.7 Å². The first-order chi connectivity index (χ1) is 20.2. The van der Waals surface area contributed by atoms with Gasteiger partial charge >= 0.3 is 11.9 Å². The lowest BCUT2D eigenvalue weighted by atomic mass is 9.93. The number of carbonyl (C=O) groups is 4. The maximum Gasteiger partial charge on any atom is 0.361 e. The van der Waals surface area contributed by atoms with Crippen molar-refractivity contribution in [2.45, 2.75) is 70.7 Å². The van der Waals surface area contributed by atoms with Gasteiger partial charge in [-0.05, 0) is 57.2 Å². The number of nitrogens with zero attached hydrogens (tertiary/aromatic N) is 4. The van der Waals surface area contributed by atoms with Crippen LogP contribution in [0.3, 0.4) is 0 Å². The number of hydrogen-bond acceptors (Lipinski definition) is 10. The Morgan fingerprint density at radius 1 is 1.09 bits per heavy atom. The molecule has 0 amide bonds. The van der Waals surface area contributed by atoms with Crippen LogP contribution in [0.2, 0.25) is 0 Å². The molecule has 2 heterocycles. The quantitative estimate of drug-likeness (QED) is 0.283. The Morgan fingerprint density at radius 2 is 1.81 bits per heavy atom. The minimum absolute atomic E-state index is 0. The first-order valence-electron chi connectivity index (χ1n) is 14.4. The van der Waals surface area contributed by atoms with Gasteiger partial charge in [-0.1, -0.05) is 30.0 Å². The maximum atomic E-state index is 15.0. The molecule has 1 saturated carbocycles. The second-order valence-corrected chi connectivity index (χ2v) is 11.7. The molecular formula is C30H38ClFN4O6S. The van der Waals surface area contributed by atoms with Crippen molar-refractivity contribution >= 4 is 53.1 Å². The van der Waals surface area contributed by atoms with Crippen LogP contribution in [0, 0.1) is 11.7 Å². The Labute approximate surface area is 261 Å². The Kier molecular flexibility index (Phi) is 12.9. The van der Waals surface area contributed by atoms with Crippen LogP contribution in [-0.4, -0.2) is 74.3 Å². The number of aryl methyl sites for hydroxylation is 1. The number of benzene rings is 1. The predicted molar refractivity (Wildman–Crippen MR) is 162 cm³/mol. The van der Waals surface area contributed by atoms with E-state index in [-0.39, 0.29) is 77.9 Å². The second kappa shape index (κ2) is 16.1. The van der Waals surface area contributed by atoms with Crippen LogP contribution in [0.4, 0.5) is 4.39 Å². The summed E-state index contributed by atoms with van der Waals surface area (Å²) in [6.07, 6.45) is 4.46. The van der Waals surface area contributed by atoms with E-state index in [1.807, 2.05) is 4.90 Å². The Morgan fingerprint density at radius 3 is 2.47 bits per heavy atom. The van der Waals surface area contributed by atoms with E-state index in [4.69, 9.17) is 9.47 Å². The lowest BCUT2D eigenvalue weighted by Gasteiger charge is -2.38. The number of piperidine rings is 1. The first kappa shape index (κ1) is 34.4. The molecule has 2 aliphatic rings. The molecule has 2 unspecified atom stereocenters. The molecule has 0 N–H and O–H groups in total. The van der Waals surface area contributed by atoms with Crippen molar-refractivity contribution in [2.24, 2.45) is 5.92 Å². The highest BCUT2D eigenvalue weighted by Crippen LogP contribution is 2.40. The van der Waals surface area contributed by atoms with E-state index < -0.39 is 17.8 Å². The summed E-state index contributed by atoms with van der Waals surface area (Å²) in [5, 5.41) is 8.57. The Hall–Kier alpha value is -3.09. The number of likely N-dealkylation sites (tertiary alicyclic amines) is 1. The van der Waals surface area contributed by atoms with Crippen LogP contribution in [-0.2, 0) is 30.4 Å². The molecule has 43 heavy (non-hydrogen) atoms. The Bertz CT molecular complexity index is 1350. The summed E-state index contributed by atoms with van der Waals surface area (Å²) in [6.45, 7) is 6.42. The second-order valence-electron chi connectivity index (χ2n) is 10.3. The normalized spacial score (nSPS) is 18.5. The highest BCUT2D eigenvalue weighted by atomic mass is 35.5. The largest absolute Gasteiger partial charge is 0.466 e. The molecule has 1 aliphatic carbocycles.